The third kappa shape index (κ3) is 4.87. The van der Waals surface area contributed by atoms with E-state index in [0.29, 0.717) is 19.4 Å². The molecule has 0 bridgehead atoms. The van der Waals surface area contributed by atoms with Gasteiger partial charge in [0.15, 0.2) is 0 Å². The number of nitrogens with one attached hydrogen (secondary N) is 1. The Morgan fingerprint density at radius 1 is 1.00 bits per heavy atom. The van der Waals surface area contributed by atoms with E-state index in [1.165, 1.54) is 11.1 Å². The Labute approximate surface area is 214 Å². The molecule has 2 aromatic rings. The zero-order valence-electron chi connectivity index (χ0n) is 21.7. The number of carbonyl (C=O) groups excluding carboxylic acids is 2. The number of methoxy groups -OCH3 is 1. The number of ether oxygens (including phenoxy) is 1. The molecular weight excluding hydrogens is 452 g/mol. The van der Waals surface area contributed by atoms with Crippen LogP contribution in [-0.4, -0.2) is 68.0 Å². The molecule has 2 saturated heterocycles. The summed E-state index contributed by atoms with van der Waals surface area (Å²) >= 11 is 0. The number of fused-ring (bicyclic) bond motifs is 1. The molecule has 3 aliphatic heterocycles. The highest BCUT2D eigenvalue weighted by atomic mass is 16.5. The van der Waals surface area contributed by atoms with Gasteiger partial charge in [0, 0.05) is 63.4 Å². The van der Waals surface area contributed by atoms with Gasteiger partial charge in [0.1, 0.15) is 5.75 Å². The van der Waals surface area contributed by atoms with Crippen molar-refractivity contribution in [3.63, 3.8) is 0 Å². The van der Waals surface area contributed by atoms with Crippen LogP contribution in [0, 0.1) is 0 Å². The molecule has 0 spiro atoms. The first-order chi connectivity index (χ1) is 17.5. The molecule has 0 radical (unpaired) electrons. The molecule has 2 aromatic carbocycles. The number of rotatable bonds is 7. The minimum absolute atomic E-state index is 0.161. The number of nitrogens with zero attached hydrogens (tertiary/aromatic N) is 3. The van der Waals surface area contributed by atoms with E-state index < -0.39 is 0 Å². The first-order valence-corrected chi connectivity index (χ1v) is 13.2. The van der Waals surface area contributed by atoms with Crippen LogP contribution in [0.2, 0.25) is 0 Å². The summed E-state index contributed by atoms with van der Waals surface area (Å²) in [7, 11) is 5.53. The average Bonchev–Trinajstić information content (AvgIpc) is 3.22. The number of benzene rings is 2. The van der Waals surface area contributed by atoms with Crippen molar-refractivity contribution in [3.05, 3.63) is 59.2 Å². The van der Waals surface area contributed by atoms with Gasteiger partial charge in [-0.1, -0.05) is 30.3 Å². The Bertz CT molecular complexity index is 1110. The lowest BCUT2D eigenvalue weighted by molar-refractivity contribution is -0.128. The average molecular weight is 491 g/mol. The summed E-state index contributed by atoms with van der Waals surface area (Å²) in [4.78, 5) is 30.8. The molecule has 2 amide bonds. The van der Waals surface area contributed by atoms with E-state index in [1.54, 1.807) is 12.0 Å². The molecule has 36 heavy (non-hydrogen) atoms. The zero-order valence-corrected chi connectivity index (χ0v) is 21.7. The minimum atomic E-state index is 0.161. The normalized spacial score (nSPS) is 24.8. The van der Waals surface area contributed by atoms with Gasteiger partial charge in [0.25, 0.3) is 0 Å². The predicted molar refractivity (Wildman–Crippen MR) is 141 cm³/mol. The predicted octanol–water partition coefficient (Wildman–Crippen LogP) is 3.52. The van der Waals surface area contributed by atoms with Gasteiger partial charge in [0.2, 0.25) is 11.8 Å². The maximum atomic E-state index is 12.3. The Hall–Kier alpha value is -2.90. The van der Waals surface area contributed by atoms with Crippen molar-refractivity contribution < 1.29 is 14.3 Å². The Kier molecular flexibility index (Phi) is 7.30. The molecule has 5 rings (SSSR count). The lowest BCUT2D eigenvalue weighted by atomic mass is 9.89. The number of likely N-dealkylation sites (tertiary alicyclic amines) is 2. The topological polar surface area (TPSA) is 65.1 Å². The van der Waals surface area contributed by atoms with E-state index in [9.17, 15) is 9.59 Å². The number of carbonyl (C=O) groups is 2. The Morgan fingerprint density at radius 3 is 2.53 bits per heavy atom. The van der Waals surface area contributed by atoms with E-state index in [1.807, 2.05) is 19.0 Å². The summed E-state index contributed by atoms with van der Waals surface area (Å²) < 4.78 is 5.77. The van der Waals surface area contributed by atoms with Gasteiger partial charge in [0.05, 0.1) is 13.2 Å². The van der Waals surface area contributed by atoms with Crippen molar-refractivity contribution in [2.24, 2.45) is 0 Å². The van der Waals surface area contributed by atoms with Crippen molar-refractivity contribution in [3.8, 4) is 5.75 Å². The van der Waals surface area contributed by atoms with Gasteiger partial charge < -0.3 is 19.9 Å². The molecule has 3 aliphatic rings. The quantitative estimate of drug-likeness (QED) is 0.644. The van der Waals surface area contributed by atoms with E-state index >= 15 is 0 Å². The lowest BCUT2D eigenvalue weighted by Crippen LogP contribution is -2.51. The van der Waals surface area contributed by atoms with Gasteiger partial charge in [-0.05, 0) is 55.5 Å². The third-order valence-electron chi connectivity index (χ3n) is 8.33. The summed E-state index contributed by atoms with van der Waals surface area (Å²) in [5.74, 6) is 1.29. The number of amides is 2. The highest BCUT2D eigenvalue weighted by Gasteiger charge is 2.37. The summed E-state index contributed by atoms with van der Waals surface area (Å²) in [5.41, 5.74) is 4.54. The van der Waals surface area contributed by atoms with Gasteiger partial charge >= 0.3 is 0 Å². The number of hydrogen-bond acceptors (Lipinski definition) is 5. The van der Waals surface area contributed by atoms with Gasteiger partial charge in [-0.25, -0.2) is 0 Å². The van der Waals surface area contributed by atoms with Crippen LogP contribution in [-0.2, 0) is 22.6 Å². The minimum Gasteiger partial charge on any atom is -0.496 e. The molecule has 2 fully saturated rings. The molecule has 3 atom stereocenters. The summed E-state index contributed by atoms with van der Waals surface area (Å²) in [5, 5.41) is 3.86. The van der Waals surface area contributed by atoms with Crippen molar-refractivity contribution >= 4 is 17.5 Å². The molecule has 0 aromatic heterocycles. The fourth-order valence-corrected chi connectivity index (χ4v) is 6.20. The highest BCUT2D eigenvalue weighted by Crippen LogP contribution is 2.36. The first kappa shape index (κ1) is 24.8. The van der Waals surface area contributed by atoms with Crippen LogP contribution in [0.15, 0.2) is 42.5 Å². The smallest absolute Gasteiger partial charge is 0.227 e. The van der Waals surface area contributed by atoms with E-state index in [4.69, 9.17) is 4.74 Å². The molecular formula is C29H38N4O3. The van der Waals surface area contributed by atoms with Crippen LogP contribution in [0.4, 0.5) is 5.69 Å². The number of hydrogen-bond donors (Lipinski definition) is 1. The largest absolute Gasteiger partial charge is 0.496 e. The fourth-order valence-electron chi connectivity index (χ4n) is 6.20. The second-order valence-corrected chi connectivity index (χ2v) is 10.4. The van der Waals surface area contributed by atoms with Gasteiger partial charge in [-0.3, -0.25) is 14.5 Å². The SMILES string of the molecule is COc1cc2c(cc1CN[C@H]1CCCN(C[C@@H]3CCC(=O)N3C)[C@H]1c1ccccc1)N(C)C(=O)CC2. The van der Waals surface area contributed by atoms with E-state index in [2.05, 4.69) is 52.7 Å². The van der Waals surface area contributed by atoms with E-state index in [0.717, 1.165) is 55.8 Å². The second kappa shape index (κ2) is 10.6. The third-order valence-corrected chi connectivity index (χ3v) is 8.33. The molecule has 1 N–H and O–H groups in total. The number of anilines is 1. The molecule has 3 heterocycles. The lowest BCUT2D eigenvalue weighted by Gasteiger charge is -2.44. The van der Waals surface area contributed by atoms with Crippen LogP contribution in [0.3, 0.4) is 0 Å². The van der Waals surface area contributed by atoms with Crippen molar-refractivity contribution in [1.29, 1.82) is 0 Å². The second-order valence-electron chi connectivity index (χ2n) is 10.4. The van der Waals surface area contributed by atoms with Crippen LogP contribution in [0.5, 0.6) is 5.75 Å². The summed E-state index contributed by atoms with van der Waals surface area (Å²) in [6.45, 7) is 2.60. The first-order valence-electron chi connectivity index (χ1n) is 13.2. The van der Waals surface area contributed by atoms with Gasteiger partial charge in [-0.2, -0.15) is 0 Å². The Balaban J connectivity index is 1.38. The monoisotopic (exact) mass is 490 g/mol. The van der Waals surface area contributed by atoms with Crippen LogP contribution in [0.25, 0.3) is 0 Å². The summed E-state index contributed by atoms with van der Waals surface area (Å²) in [6.07, 6.45) is 5.09. The fraction of sp³-hybridized carbons (Fsp3) is 0.517. The van der Waals surface area contributed by atoms with Crippen molar-refractivity contribution in [1.82, 2.24) is 15.1 Å². The Morgan fingerprint density at radius 2 is 1.81 bits per heavy atom. The molecule has 0 aliphatic carbocycles. The van der Waals surface area contributed by atoms with Gasteiger partial charge in [-0.15, -0.1) is 0 Å². The molecule has 7 nitrogen and oxygen atoms in total. The van der Waals surface area contributed by atoms with Crippen LogP contribution >= 0.6 is 0 Å². The summed E-state index contributed by atoms with van der Waals surface area (Å²) in [6, 6.07) is 15.7. The van der Waals surface area contributed by atoms with Crippen LogP contribution < -0.4 is 15.0 Å². The highest BCUT2D eigenvalue weighted by molar-refractivity contribution is 5.96. The van der Waals surface area contributed by atoms with E-state index in [-0.39, 0.29) is 29.9 Å². The number of piperidine rings is 1. The maximum Gasteiger partial charge on any atom is 0.227 e. The molecule has 192 valence electrons. The van der Waals surface area contributed by atoms with Crippen molar-refractivity contribution in [2.45, 2.75) is 63.2 Å². The maximum absolute atomic E-state index is 12.3. The number of aryl methyl sites for hydroxylation is 1. The van der Waals surface area contributed by atoms with Crippen LogP contribution in [0.1, 0.15) is 54.8 Å². The molecule has 7 heteroatoms. The zero-order chi connectivity index (χ0) is 25.2. The van der Waals surface area contributed by atoms with Crippen molar-refractivity contribution in [2.75, 3.05) is 39.2 Å². The molecule has 0 saturated carbocycles. The molecule has 0 unspecified atom stereocenters. The number of likely N-dealkylation sites (N-methyl/N-ethyl adjacent to an activating group) is 1. The standard InChI is InChI=1S/C29H38N4O3/c1-31-23(12-14-27(31)34)19-33-15-7-10-24(29(33)20-8-5-4-6-9-20)30-18-22-16-25-21(17-26(22)36-3)11-13-28(35)32(25)2/h4-6,8-9,16-17,23-24,29-30H,7,10-15,18-19H2,1-3H3/t23-,24-,29-/m0/s1.